The van der Waals surface area contributed by atoms with E-state index < -0.39 is 11.9 Å². The summed E-state index contributed by atoms with van der Waals surface area (Å²) in [5.74, 6) is 0.181. The zero-order valence-electron chi connectivity index (χ0n) is 9.58. The second-order valence-corrected chi connectivity index (χ2v) is 4.72. The van der Waals surface area contributed by atoms with Gasteiger partial charge < -0.3 is 21.2 Å². The molecule has 0 radical (unpaired) electrons. The van der Waals surface area contributed by atoms with Crippen LogP contribution in [0.2, 0.25) is 0 Å². The van der Waals surface area contributed by atoms with Gasteiger partial charge in [-0.25, -0.2) is 4.39 Å². The average Bonchev–Trinajstić information content (AvgIpc) is 2.36. The largest absolute Gasteiger partial charge is 0.409 e. The molecule has 1 aromatic rings. The highest BCUT2D eigenvalue weighted by Gasteiger charge is 2.06. The fourth-order valence-corrected chi connectivity index (χ4v) is 2.20. The molecule has 0 spiro atoms. The molecule has 0 aliphatic heterocycles. The topological polar surface area (TPSA) is 99.1 Å². The SMILES string of the molecule is N/C(=N/O)c1cc(F)cc(CSCC(O)CO)c1. The maximum atomic E-state index is 13.3. The summed E-state index contributed by atoms with van der Waals surface area (Å²) in [6, 6.07) is 4.12. The number of nitrogens with zero attached hydrogens (tertiary/aromatic N) is 1. The van der Waals surface area contributed by atoms with E-state index in [2.05, 4.69) is 5.16 Å². The van der Waals surface area contributed by atoms with Crippen LogP contribution >= 0.6 is 11.8 Å². The van der Waals surface area contributed by atoms with E-state index in [0.717, 1.165) is 0 Å². The predicted molar refractivity (Wildman–Crippen MR) is 68.2 cm³/mol. The molecule has 1 atom stereocenters. The Balaban J connectivity index is 2.69. The number of nitrogens with two attached hydrogens (primary N) is 1. The van der Waals surface area contributed by atoms with E-state index in [9.17, 15) is 4.39 Å². The van der Waals surface area contributed by atoms with Crippen LogP contribution in [-0.2, 0) is 5.75 Å². The molecule has 0 aliphatic rings. The van der Waals surface area contributed by atoms with Crippen molar-refractivity contribution in [1.29, 1.82) is 0 Å². The normalized spacial score (nSPS) is 13.6. The lowest BCUT2D eigenvalue weighted by Crippen LogP contribution is -2.15. The van der Waals surface area contributed by atoms with Crippen molar-refractivity contribution >= 4 is 17.6 Å². The molecule has 0 aromatic heterocycles. The maximum absolute atomic E-state index is 13.3. The first-order valence-electron chi connectivity index (χ1n) is 5.21. The van der Waals surface area contributed by atoms with Crippen LogP contribution in [0.1, 0.15) is 11.1 Å². The van der Waals surface area contributed by atoms with Gasteiger partial charge >= 0.3 is 0 Å². The summed E-state index contributed by atoms with van der Waals surface area (Å²) < 4.78 is 13.3. The van der Waals surface area contributed by atoms with Crippen molar-refractivity contribution in [2.24, 2.45) is 10.9 Å². The van der Waals surface area contributed by atoms with E-state index in [0.29, 0.717) is 22.6 Å². The predicted octanol–water partition coefficient (Wildman–Crippen LogP) is 0.507. The van der Waals surface area contributed by atoms with Crippen molar-refractivity contribution in [3.05, 3.63) is 35.1 Å². The Bertz CT molecular complexity index is 429. The Kier molecular flexibility index (Phi) is 5.90. The van der Waals surface area contributed by atoms with Crippen LogP contribution in [0.4, 0.5) is 4.39 Å². The number of amidine groups is 1. The number of thioether (sulfide) groups is 1. The number of hydrogen-bond donors (Lipinski definition) is 4. The summed E-state index contributed by atoms with van der Waals surface area (Å²) in [5.41, 5.74) is 6.34. The summed E-state index contributed by atoms with van der Waals surface area (Å²) in [6.07, 6.45) is -0.785. The number of benzene rings is 1. The second-order valence-electron chi connectivity index (χ2n) is 3.68. The number of hydrogen-bond acceptors (Lipinski definition) is 5. The third-order valence-electron chi connectivity index (χ3n) is 2.15. The number of oxime groups is 1. The monoisotopic (exact) mass is 274 g/mol. The van der Waals surface area contributed by atoms with Gasteiger partial charge in [0.15, 0.2) is 5.84 Å². The van der Waals surface area contributed by atoms with Gasteiger partial charge in [-0.15, -0.1) is 0 Å². The molecular weight excluding hydrogens is 259 g/mol. The summed E-state index contributed by atoms with van der Waals surface area (Å²) in [5, 5.41) is 29.1. The fourth-order valence-electron chi connectivity index (χ4n) is 1.30. The molecule has 0 amide bonds. The summed E-state index contributed by atoms with van der Waals surface area (Å²) in [7, 11) is 0. The molecule has 7 heteroatoms. The smallest absolute Gasteiger partial charge is 0.170 e. The van der Waals surface area contributed by atoms with Crippen LogP contribution in [0.15, 0.2) is 23.4 Å². The van der Waals surface area contributed by atoms with Gasteiger partial charge in [-0.05, 0) is 23.8 Å². The van der Waals surface area contributed by atoms with Gasteiger partial charge in [-0.2, -0.15) is 11.8 Å². The van der Waals surface area contributed by atoms with Crippen molar-refractivity contribution in [1.82, 2.24) is 0 Å². The van der Waals surface area contributed by atoms with E-state index in [1.807, 2.05) is 0 Å². The summed E-state index contributed by atoms with van der Waals surface area (Å²) >= 11 is 1.36. The van der Waals surface area contributed by atoms with Gasteiger partial charge in [0, 0.05) is 17.1 Å². The Morgan fingerprint density at radius 3 is 2.78 bits per heavy atom. The number of halogens is 1. The van der Waals surface area contributed by atoms with Crippen LogP contribution < -0.4 is 5.73 Å². The standard InChI is InChI=1S/C11H15FN2O3S/c12-9-2-7(5-18-6-10(16)4-15)1-8(3-9)11(13)14-17/h1-3,10,15-17H,4-6H2,(H2,13,14). The average molecular weight is 274 g/mol. The van der Waals surface area contributed by atoms with Crippen LogP contribution in [0.5, 0.6) is 0 Å². The summed E-state index contributed by atoms with van der Waals surface area (Å²) in [6.45, 7) is -0.300. The first-order valence-corrected chi connectivity index (χ1v) is 6.36. The minimum absolute atomic E-state index is 0.156. The maximum Gasteiger partial charge on any atom is 0.170 e. The Hall–Kier alpha value is -1.31. The van der Waals surface area contributed by atoms with Crippen LogP contribution in [0.3, 0.4) is 0 Å². The van der Waals surface area contributed by atoms with Gasteiger partial charge in [0.2, 0.25) is 0 Å². The minimum atomic E-state index is -0.785. The molecule has 5 N–H and O–H groups in total. The molecule has 1 unspecified atom stereocenters. The van der Waals surface area contributed by atoms with Gasteiger partial charge in [0.25, 0.3) is 0 Å². The molecule has 0 heterocycles. The highest BCUT2D eigenvalue weighted by molar-refractivity contribution is 7.98. The van der Waals surface area contributed by atoms with Gasteiger partial charge in [0.05, 0.1) is 12.7 Å². The zero-order valence-corrected chi connectivity index (χ0v) is 10.4. The molecule has 18 heavy (non-hydrogen) atoms. The van der Waals surface area contributed by atoms with Crippen molar-refractivity contribution in [2.45, 2.75) is 11.9 Å². The van der Waals surface area contributed by atoms with Crippen molar-refractivity contribution in [3.8, 4) is 0 Å². The Labute approximate surface area is 108 Å². The van der Waals surface area contributed by atoms with Gasteiger partial charge in [0.1, 0.15) is 5.82 Å². The number of aliphatic hydroxyl groups excluding tert-OH is 2. The van der Waals surface area contributed by atoms with Gasteiger partial charge in [-0.1, -0.05) is 5.16 Å². The fraction of sp³-hybridized carbons (Fsp3) is 0.364. The van der Waals surface area contributed by atoms with Crippen molar-refractivity contribution in [2.75, 3.05) is 12.4 Å². The molecule has 0 saturated carbocycles. The number of rotatable bonds is 6. The Morgan fingerprint density at radius 2 is 2.17 bits per heavy atom. The molecule has 0 fully saturated rings. The zero-order chi connectivity index (χ0) is 13.5. The molecule has 0 saturated heterocycles. The molecule has 1 rings (SSSR count). The first kappa shape index (κ1) is 14.7. The van der Waals surface area contributed by atoms with Crippen molar-refractivity contribution < 1.29 is 19.8 Å². The lowest BCUT2D eigenvalue weighted by Gasteiger charge is -2.08. The lowest BCUT2D eigenvalue weighted by atomic mass is 10.1. The van der Waals surface area contributed by atoms with Gasteiger partial charge in [-0.3, -0.25) is 0 Å². The quantitative estimate of drug-likeness (QED) is 0.262. The third kappa shape index (κ3) is 4.52. The van der Waals surface area contributed by atoms with E-state index in [1.54, 1.807) is 6.07 Å². The van der Waals surface area contributed by atoms with Crippen LogP contribution in [0, 0.1) is 5.82 Å². The van der Waals surface area contributed by atoms with Crippen LogP contribution in [0.25, 0.3) is 0 Å². The highest BCUT2D eigenvalue weighted by atomic mass is 32.2. The van der Waals surface area contributed by atoms with E-state index in [1.165, 1.54) is 23.9 Å². The van der Waals surface area contributed by atoms with Crippen molar-refractivity contribution in [3.63, 3.8) is 0 Å². The molecule has 0 bridgehead atoms. The van der Waals surface area contributed by atoms with E-state index in [4.69, 9.17) is 21.2 Å². The number of aliphatic hydroxyl groups is 2. The highest BCUT2D eigenvalue weighted by Crippen LogP contribution is 2.16. The minimum Gasteiger partial charge on any atom is -0.409 e. The molecule has 1 aromatic carbocycles. The molecule has 0 aliphatic carbocycles. The molecule has 100 valence electrons. The lowest BCUT2D eigenvalue weighted by molar-refractivity contribution is 0.113. The van der Waals surface area contributed by atoms with E-state index in [-0.39, 0.29) is 12.4 Å². The first-order chi connectivity index (χ1) is 8.56. The molecule has 5 nitrogen and oxygen atoms in total. The Morgan fingerprint density at radius 1 is 1.44 bits per heavy atom. The second kappa shape index (κ2) is 7.20. The summed E-state index contributed by atoms with van der Waals surface area (Å²) in [4.78, 5) is 0. The van der Waals surface area contributed by atoms with E-state index >= 15 is 0 Å². The third-order valence-corrected chi connectivity index (χ3v) is 3.31. The molecular formula is C11H15FN2O3S. The van der Waals surface area contributed by atoms with Crippen LogP contribution in [-0.4, -0.2) is 39.7 Å².